The molecule has 0 aliphatic carbocycles. The Morgan fingerprint density at radius 3 is 3.00 bits per heavy atom. The van der Waals surface area contributed by atoms with Crippen LogP contribution in [0.1, 0.15) is 12.8 Å². The Morgan fingerprint density at radius 1 is 1.47 bits per heavy atom. The Balaban J connectivity index is 2.06. The summed E-state index contributed by atoms with van der Waals surface area (Å²) in [5.74, 6) is 0.935. The Hall–Kier alpha value is -1.71. The predicted octanol–water partition coefficient (Wildman–Crippen LogP) is 1.64. The van der Waals surface area contributed by atoms with Gasteiger partial charge >= 0.3 is 0 Å². The molecule has 1 heterocycles. The van der Waals surface area contributed by atoms with Gasteiger partial charge in [-0.2, -0.15) is 0 Å². The number of amides is 1. The molecule has 1 saturated heterocycles. The smallest absolute Gasteiger partial charge is 0.240 e. The van der Waals surface area contributed by atoms with Gasteiger partial charge in [0.1, 0.15) is 5.75 Å². The van der Waals surface area contributed by atoms with E-state index >= 15 is 0 Å². The lowest BCUT2D eigenvalue weighted by atomic mass is 10.3. The first-order chi connectivity index (χ1) is 7.29. The van der Waals surface area contributed by atoms with Crippen LogP contribution < -0.4 is 10.2 Å². The van der Waals surface area contributed by atoms with Crippen LogP contribution in [0.5, 0.6) is 5.75 Å². The van der Waals surface area contributed by atoms with E-state index in [4.69, 9.17) is 4.74 Å². The molecule has 1 amide bonds. The lowest BCUT2D eigenvalue weighted by molar-refractivity contribution is -0.126. The van der Waals surface area contributed by atoms with Gasteiger partial charge in [0, 0.05) is 19.0 Å². The molecule has 1 N–H and O–H groups in total. The van der Waals surface area contributed by atoms with Gasteiger partial charge in [0.25, 0.3) is 0 Å². The molecule has 80 valence electrons. The number of nitrogens with one attached hydrogen (secondary N) is 1. The Labute approximate surface area is 88.8 Å². The molecule has 0 aromatic heterocycles. The van der Waals surface area contributed by atoms with Gasteiger partial charge in [-0.3, -0.25) is 15.2 Å². The fraction of sp³-hybridized carbons (Fsp3) is 0.364. The molecule has 0 saturated carbocycles. The summed E-state index contributed by atoms with van der Waals surface area (Å²) in [6, 6.07) is 7.54. The second-order valence-corrected chi connectivity index (χ2v) is 3.49. The van der Waals surface area contributed by atoms with Gasteiger partial charge in [-0.15, -0.1) is 0 Å². The highest BCUT2D eigenvalue weighted by Crippen LogP contribution is 2.19. The fourth-order valence-electron chi connectivity index (χ4n) is 1.61. The highest BCUT2D eigenvalue weighted by molar-refractivity contribution is 5.79. The first-order valence-corrected chi connectivity index (χ1v) is 5.00. The van der Waals surface area contributed by atoms with Crippen molar-refractivity contribution in [3.63, 3.8) is 0 Å². The van der Waals surface area contributed by atoms with Crippen molar-refractivity contribution in [2.75, 3.05) is 19.1 Å². The Kier molecular flexibility index (Phi) is 2.76. The number of hydrogen-bond donors (Lipinski definition) is 1. The van der Waals surface area contributed by atoms with Gasteiger partial charge in [-0.05, 0) is 18.6 Å². The summed E-state index contributed by atoms with van der Waals surface area (Å²) in [4.78, 5) is 11.4. The summed E-state index contributed by atoms with van der Waals surface area (Å²) < 4.78 is 5.10. The maximum absolute atomic E-state index is 11.4. The van der Waals surface area contributed by atoms with Crippen LogP contribution in [0, 0.1) is 0 Å². The van der Waals surface area contributed by atoms with Crippen molar-refractivity contribution in [3.8, 4) is 5.75 Å². The highest BCUT2D eigenvalue weighted by atomic mass is 16.5. The molecular formula is C11H14N2O2. The summed E-state index contributed by atoms with van der Waals surface area (Å²) >= 11 is 0. The van der Waals surface area contributed by atoms with E-state index in [9.17, 15) is 4.79 Å². The van der Waals surface area contributed by atoms with Gasteiger partial charge in [-0.25, -0.2) is 0 Å². The molecule has 1 aromatic carbocycles. The third kappa shape index (κ3) is 2.21. The first kappa shape index (κ1) is 9.83. The zero-order valence-electron chi connectivity index (χ0n) is 8.69. The minimum Gasteiger partial charge on any atom is -0.497 e. The number of nitrogens with zero attached hydrogens (tertiary/aromatic N) is 1. The van der Waals surface area contributed by atoms with Crippen LogP contribution in [0.3, 0.4) is 0 Å². The number of benzene rings is 1. The normalized spacial score (nSPS) is 15.5. The van der Waals surface area contributed by atoms with Crippen molar-refractivity contribution in [1.29, 1.82) is 0 Å². The molecular weight excluding hydrogens is 192 g/mol. The molecule has 0 radical (unpaired) electrons. The maximum atomic E-state index is 11.4. The standard InChI is InChI=1S/C11H14N2O2/c1-15-10-5-2-4-9(8-10)12-13-7-3-6-11(13)14/h2,4-5,8,12H,3,6-7H2,1H3. The van der Waals surface area contributed by atoms with Crippen LogP contribution in [0.2, 0.25) is 0 Å². The molecule has 1 aliphatic rings. The molecule has 0 atom stereocenters. The monoisotopic (exact) mass is 206 g/mol. The van der Waals surface area contributed by atoms with Gasteiger partial charge in [0.15, 0.2) is 0 Å². The average molecular weight is 206 g/mol. The van der Waals surface area contributed by atoms with E-state index in [1.54, 1.807) is 12.1 Å². The SMILES string of the molecule is COc1cccc(NN2CCCC2=O)c1. The van der Waals surface area contributed by atoms with Crippen molar-refractivity contribution in [2.45, 2.75) is 12.8 Å². The molecule has 0 bridgehead atoms. The van der Waals surface area contributed by atoms with E-state index in [0.29, 0.717) is 6.42 Å². The summed E-state index contributed by atoms with van der Waals surface area (Å²) in [5, 5.41) is 1.65. The molecule has 4 nitrogen and oxygen atoms in total. The Bertz CT molecular complexity index is 365. The number of carbonyl (C=O) groups excluding carboxylic acids is 1. The van der Waals surface area contributed by atoms with Crippen LogP contribution in [-0.2, 0) is 4.79 Å². The van der Waals surface area contributed by atoms with Gasteiger partial charge in [0.2, 0.25) is 5.91 Å². The third-order valence-corrected chi connectivity index (χ3v) is 2.41. The van der Waals surface area contributed by atoms with E-state index in [0.717, 1.165) is 24.4 Å². The van der Waals surface area contributed by atoms with Crippen molar-refractivity contribution < 1.29 is 9.53 Å². The minimum atomic E-state index is 0.151. The second-order valence-electron chi connectivity index (χ2n) is 3.49. The minimum absolute atomic E-state index is 0.151. The quantitative estimate of drug-likeness (QED) is 0.817. The lowest BCUT2D eigenvalue weighted by Crippen LogP contribution is -2.30. The number of ether oxygens (including phenoxy) is 1. The third-order valence-electron chi connectivity index (χ3n) is 2.41. The number of anilines is 1. The van der Waals surface area contributed by atoms with Crippen molar-refractivity contribution in [2.24, 2.45) is 0 Å². The van der Waals surface area contributed by atoms with Crippen molar-refractivity contribution in [1.82, 2.24) is 5.01 Å². The summed E-state index contributed by atoms with van der Waals surface area (Å²) in [6.45, 7) is 0.774. The largest absolute Gasteiger partial charge is 0.497 e. The van der Waals surface area contributed by atoms with E-state index in [1.807, 2.05) is 24.3 Å². The molecule has 1 aliphatic heterocycles. The number of rotatable bonds is 3. The van der Waals surface area contributed by atoms with Gasteiger partial charge in [0.05, 0.1) is 12.8 Å². The first-order valence-electron chi connectivity index (χ1n) is 5.00. The molecule has 0 spiro atoms. The number of hydrazine groups is 1. The van der Waals surface area contributed by atoms with Gasteiger partial charge < -0.3 is 4.74 Å². The van der Waals surface area contributed by atoms with E-state index in [1.165, 1.54) is 0 Å². The zero-order valence-corrected chi connectivity index (χ0v) is 8.69. The number of carbonyl (C=O) groups is 1. The summed E-state index contributed by atoms with van der Waals surface area (Å²) in [7, 11) is 1.63. The van der Waals surface area contributed by atoms with Crippen LogP contribution in [-0.4, -0.2) is 24.6 Å². The maximum Gasteiger partial charge on any atom is 0.240 e. The number of methoxy groups -OCH3 is 1. The van der Waals surface area contributed by atoms with Crippen LogP contribution in [0.25, 0.3) is 0 Å². The topological polar surface area (TPSA) is 41.6 Å². The predicted molar refractivity (Wildman–Crippen MR) is 57.6 cm³/mol. The molecule has 0 unspecified atom stereocenters. The lowest BCUT2D eigenvalue weighted by Gasteiger charge is -2.18. The highest BCUT2D eigenvalue weighted by Gasteiger charge is 2.19. The van der Waals surface area contributed by atoms with E-state index in [-0.39, 0.29) is 5.91 Å². The van der Waals surface area contributed by atoms with Crippen LogP contribution in [0.4, 0.5) is 5.69 Å². The second kappa shape index (κ2) is 4.21. The summed E-state index contributed by atoms with van der Waals surface area (Å²) in [5.41, 5.74) is 3.95. The van der Waals surface area contributed by atoms with Crippen LogP contribution in [0.15, 0.2) is 24.3 Å². The van der Waals surface area contributed by atoms with E-state index in [2.05, 4.69) is 5.43 Å². The van der Waals surface area contributed by atoms with E-state index < -0.39 is 0 Å². The number of hydrogen-bond acceptors (Lipinski definition) is 3. The molecule has 1 aromatic rings. The molecule has 15 heavy (non-hydrogen) atoms. The Morgan fingerprint density at radius 2 is 2.33 bits per heavy atom. The fourth-order valence-corrected chi connectivity index (χ4v) is 1.61. The molecule has 4 heteroatoms. The molecule has 1 fully saturated rings. The van der Waals surface area contributed by atoms with Crippen LogP contribution >= 0.6 is 0 Å². The van der Waals surface area contributed by atoms with Crippen molar-refractivity contribution in [3.05, 3.63) is 24.3 Å². The molecule has 2 rings (SSSR count). The zero-order chi connectivity index (χ0) is 10.7. The van der Waals surface area contributed by atoms with Crippen molar-refractivity contribution >= 4 is 11.6 Å². The van der Waals surface area contributed by atoms with Gasteiger partial charge in [-0.1, -0.05) is 6.07 Å². The summed E-state index contributed by atoms with van der Waals surface area (Å²) in [6.07, 6.45) is 1.56. The average Bonchev–Trinajstić information content (AvgIpc) is 2.65.